The van der Waals surface area contributed by atoms with E-state index in [9.17, 15) is 0 Å². The molecule has 0 aromatic carbocycles. The minimum atomic E-state index is 0. The van der Waals surface area contributed by atoms with E-state index in [0.717, 1.165) is 5.03 Å². The van der Waals surface area contributed by atoms with E-state index in [1.165, 1.54) is 16.7 Å². The molecule has 0 unspecified atom stereocenters. The Bertz CT molecular complexity index is 241. The molecule has 0 bridgehead atoms. The van der Waals surface area contributed by atoms with Crippen LogP contribution in [0.3, 0.4) is 0 Å². The van der Waals surface area contributed by atoms with Crippen LogP contribution in [0.25, 0.3) is 0 Å². The molecule has 0 heterocycles. The molecule has 1 rings (SSSR count). The van der Waals surface area contributed by atoms with Crippen LogP contribution in [0, 0.1) is 5.41 Å². The molecule has 2 heteroatoms. The summed E-state index contributed by atoms with van der Waals surface area (Å²) >= 11 is 6.18. The molecular formula is C10H17ClMg. The van der Waals surface area contributed by atoms with Crippen LogP contribution in [0.5, 0.6) is 0 Å². The molecular weight excluding hydrogens is 180 g/mol. The van der Waals surface area contributed by atoms with Crippen LogP contribution in [-0.4, -0.2) is 23.1 Å². The minimum Gasteiger partial charge on any atom is -1.00 e. The van der Waals surface area contributed by atoms with E-state index in [0.29, 0.717) is 0 Å². The second kappa shape index (κ2) is 3.73. The largest absolute Gasteiger partial charge is 2.00 e. The smallest absolute Gasteiger partial charge is 1.00 e. The Morgan fingerprint density at radius 2 is 1.50 bits per heavy atom. The molecule has 0 radical (unpaired) electrons. The van der Waals surface area contributed by atoms with E-state index in [4.69, 9.17) is 11.6 Å². The first kappa shape index (κ1) is 12.5. The zero-order valence-corrected chi connectivity index (χ0v) is 10.8. The molecule has 0 spiro atoms. The molecule has 0 aromatic rings. The summed E-state index contributed by atoms with van der Waals surface area (Å²) in [6.45, 7) is 10.7. The van der Waals surface area contributed by atoms with Gasteiger partial charge in [-0.15, -0.1) is 0 Å². The normalized spacial score (nSPS) is 21.5. The summed E-state index contributed by atoms with van der Waals surface area (Å²) in [5.74, 6) is 0. The van der Waals surface area contributed by atoms with E-state index in [-0.39, 0.29) is 31.3 Å². The fourth-order valence-corrected chi connectivity index (χ4v) is 1.83. The van der Waals surface area contributed by atoms with E-state index in [1.54, 1.807) is 0 Å². The molecule has 0 aliphatic heterocycles. The van der Waals surface area contributed by atoms with E-state index >= 15 is 0 Å². The SMILES string of the molecule is CC1=C(C)C(C)(C)C(Cl)=C1C.[H-].[H-].[Mg+2]. The molecule has 0 saturated heterocycles. The Balaban J connectivity index is -0.000000403. The van der Waals surface area contributed by atoms with Crippen LogP contribution in [-0.2, 0) is 0 Å². The van der Waals surface area contributed by atoms with Crippen molar-refractivity contribution in [2.45, 2.75) is 34.6 Å². The molecule has 0 nitrogen and oxygen atoms in total. The quantitative estimate of drug-likeness (QED) is 0.519. The van der Waals surface area contributed by atoms with Crippen LogP contribution in [0.4, 0.5) is 0 Å². The summed E-state index contributed by atoms with van der Waals surface area (Å²) in [6.07, 6.45) is 0. The molecule has 1 aliphatic rings. The standard InChI is InChI=1S/C10H15Cl.Mg.2H/c1-6-7(2)9(11)10(4,5)8(6)3;;;/h1-5H3;;;/q;+2;2*-1. The molecule has 12 heavy (non-hydrogen) atoms. The second-order valence-corrected chi connectivity index (χ2v) is 4.19. The van der Waals surface area contributed by atoms with Gasteiger partial charge in [0.2, 0.25) is 0 Å². The van der Waals surface area contributed by atoms with Gasteiger partial charge in [0.25, 0.3) is 0 Å². The minimum absolute atomic E-state index is 0. The van der Waals surface area contributed by atoms with Crippen molar-refractivity contribution in [3.8, 4) is 0 Å². The molecule has 0 aromatic heterocycles. The topological polar surface area (TPSA) is 0 Å². The fraction of sp³-hybridized carbons (Fsp3) is 0.600. The van der Waals surface area contributed by atoms with Crippen molar-refractivity contribution < 1.29 is 2.85 Å². The number of hydrogen-bond acceptors (Lipinski definition) is 0. The van der Waals surface area contributed by atoms with Crippen molar-refractivity contribution in [2.24, 2.45) is 5.41 Å². The molecule has 1 aliphatic carbocycles. The average Bonchev–Trinajstić information content (AvgIpc) is 2.06. The van der Waals surface area contributed by atoms with Crippen molar-refractivity contribution >= 4 is 34.7 Å². The van der Waals surface area contributed by atoms with Gasteiger partial charge in [-0.1, -0.05) is 31.0 Å². The predicted molar refractivity (Wildman–Crippen MR) is 58.7 cm³/mol. The average molecular weight is 197 g/mol. The zero-order valence-electron chi connectivity index (χ0n) is 10.6. The van der Waals surface area contributed by atoms with Crippen LogP contribution < -0.4 is 0 Å². The maximum absolute atomic E-state index is 6.18. The monoisotopic (exact) mass is 196 g/mol. The number of halogens is 1. The third-order valence-electron chi connectivity index (χ3n) is 2.94. The summed E-state index contributed by atoms with van der Waals surface area (Å²) in [7, 11) is 0. The zero-order chi connectivity index (χ0) is 8.81. The maximum Gasteiger partial charge on any atom is 2.00 e. The molecule has 0 amide bonds. The summed E-state index contributed by atoms with van der Waals surface area (Å²) < 4.78 is 0. The Morgan fingerprint density at radius 1 is 1.08 bits per heavy atom. The Kier molecular flexibility index (Phi) is 3.89. The van der Waals surface area contributed by atoms with E-state index in [1.807, 2.05) is 0 Å². The van der Waals surface area contributed by atoms with Crippen molar-refractivity contribution in [3.63, 3.8) is 0 Å². The third kappa shape index (κ3) is 1.59. The van der Waals surface area contributed by atoms with Gasteiger partial charge >= 0.3 is 23.1 Å². The third-order valence-corrected chi connectivity index (χ3v) is 3.70. The molecule has 0 atom stereocenters. The van der Waals surface area contributed by atoms with Gasteiger partial charge in [0.15, 0.2) is 0 Å². The van der Waals surface area contributed by atoms with Gasteiger partial charge < -0.3 is 2.85 Å². The molecule has 0 N–H and O–H groups in total. The van der Waals surface area contributed by atoms with Crippen molar-refractivity contribution in [1.82, 2.24) is 0 Å². The molecule has 66 valence electrons. The Morgan fingerprint density at radius 3 is 1.58 bits per heavy atom. The molecule has 0 fully saturated rings. The van der Waals surface area contributed by atoms with Gasteiger partial charge in [0, 0.05) is 10.4 Å². The van der Waals surface area contributed by atoms with Crippen LogP contribution in [0.2, 0.25) is 0 Å². The van der Waals surface area contributed by atoms with Crippen LogP contribution in [0.15, 0.2) is 21.8 Å². The van der Waals surface area contributed by atoms with Crippen molar-refractivity contribution in [1.29, 1.82) is 0 Å². The summed E-state index contributed by atoms with van der Waals surface area (Å²) in [6, 6.07) is 0. The number of hydrogen-bond donors (Lipinski definition) is 0. The maximum atomic E-state index is 6.18. The van der Waals surface area contributed by atoms with Gasteiger partial charge in [-0.2, -0.15) is 0 Å². The number of rotatable bonds is 0. The Hall–Kier alpha value is 0.536. The van der Waals surface area contributed by atoms with E-state index < -0.39 is 0 Å². The van der Waals surface area contributed by atoms with Gasteiger partial charge in [0.1, 0.15) is 0 Å². The van der Waals surface area contributed by atoms with Gasteiger partial charge in [-0.05, 0) is 31.9 Å². The first-order chi connectivity index (χ1) is 4.89. The van der Waals surface area contributed by atoms with Crippen LogP contribution in [0.1, 0.15) is 37.5 Å². The van der Waals surface area contributed by atoms with Gasteiger partial charge in [-0.25, -0.2) is 0 Å². The predicted octanol–water partition coefficient (Wildman–Crippen LogP) is 3.72. The van der Waals surface area contributed by atoms with Crippen molar-refractivity contribution in [3.05, 3.63) is 21.8 Å². The summed E-state index contributed by atoms with van der Waals surface area (Å²) in [5, 5.41) is 1.01. The summed E-state index contributed by atoms with van der Waals surface area (Å²) in [4.78, 5) is 0. The van der Waals surface area contributed by atoms with Gasteiger partial charge in [-0.3, -0.25) is 0 Å². The first-order valence-electron chi connectivity index (χ1n) is 3.94. The Labute approximate surface area is 99.2 Å². The number of allylic oxidation sites excluding steroid dienone is 4. The van der Waals surface area contributed by atoms with E-state index in [2.05, 4.69) is 34.6 Å². The van der Waals surface area contributed by atoms with Crippen LogP contribution >= 0.6 is 11.6 Å². The fourth-order valence-electron chi connectivity index (χ4n) is 1.55. The van der Waals surface area contributed by atoms with Gasteiger partial charge in [0.05, 0.1) is 0 Å². The molecule has 0 saturated carbocycles. The van der Waals surface area contributed by atoms with Crippen molar-refractivity contribution in [2.75, 3.05) is 0 Å². The second-order valence-electron chi connectivity index (χ2n) is 3.81. The first-order valence-corrected chi connectivity index (χ1v) is 4.32. The summed E-state index contributed by atoms with van der Waals surface area (Å²) in [5.41, 5.74) is 4.10.